The minimum absolute atomic E-state index is 0.115. The number of rotatable bonds is 12. The van der Waals surface area contributed by atoms with Crippen molar-refractivity contribution in [1.29, 1.82) is 0 Å². The van der Waals surface area contributed by atoms with E-state index >= 15 is 0 Å². The highest BCUT2D eigenvalue weighted by atomic mass is 32.2. The smallest absolute Gasteiger partial charge is 0.407 e. The fraction of sp³-hybridized carbons (Fsp3) is 0.476. The van der Waals surface area contributed by atoms with Crippen molar-refractivity contribution in [2.24, 2.45) is 17.8 Å². The standard InChI is InChI=1S/C42H54N8O6S/c1-23(2)35(47-41(53)55-6)39(51)49-21-25(5)17-33(49)37-43-19-31(45-37)28-13-9-26(10-14-28)27-11-15-29(16-12-27)32-20-44-38(46-32)34-18-30(57-8)22-50(34)40(52)36(24(3)4)48-42(54)56-7/h9-16,19-20,23-25,30,33-36H,17-18,21-22H2,1-8H3,(H,43,45)(H,44,46)(H,47,53)(H,48,54). The lowest BCUT2D eigenvalue weighted by molar-refractivity contribution is -0.136. The van der Waals surface area contributed by atoms with Gasteiger partial charge in [-0.05, 0) is 59.1 Å². The molecule has 4 aromatic rings. The predicted molar refractivity (Wildman–Crippen MR) is 220 cm³/mol. The second-order valence-corrected chi connectivity index (χ2v) is 16.8. The van der Waals surface area contributed by atoms with Crippen LogP contribution in [0.15, 0.2) is 60.9 Å². The molecule has 0 aliphatic carbocycles. The molecule has 2 fully saturated rings. The molecule has 0 radical (unpaired) electrons. The summed E-state index contributed by atoms with van der Waals surface area (Å²) < 4.78 is 9.57. The lowest BCUT2D eigenvalue weighted by atomic mass is 10.0. The Kier molecular flexibility index (Phi) is 13.0. The lowest BCUT2D eigenvalue weighted by Gasteiger charge is -2.30. The van der Waals surface area contributed by atoms with Gasteiger partial charge in [0.1, 0.15) is 23.7 Å². The Balaban J connectivity index is 1.13. The largest absolute Gasteiger partial charge is 0.453 e. The topological polar surface area (TPSA) is 175 Å². The maximum Gasteiger partial charge on any atom is 0.407 e. The number of methoxy groups -OCH3 is 2. The zero-order valence-electron chi connectivity index (χ0n) is 33.9. The molecule has 0 bridgehead atoms. The number of thioether (sulfide) groups is 1. The van der Waals surface area contributed by atoms with Gasteiger partial charge >= 0.3 is 12.2 Å². The third-order valence-electron chi connectivity index (χ3n) is 11.0. The van der Waals surface area contributed by atoms with E-state index in [1.54, 1.807) is 18.0 Å². The number of carbonyl (C=O) groups is 4. The van der Waals surface area contributed by atoms with E-state index in [-0.39, 0.29) is 46.9 Å². The SMILES string of the molecule is COC(=O)NC(C(=O)N1CC(C)CC1c1ncc(-c2ccc(-c3ccc(-c4cnc(C5CC(SC)CN5C(=O)C(NC(=O)OC)C(C)C)[nH]4)cc3)cc2)[nH]1)C(C)C. The molecule has 2 aromatic carbocycles. The van der Waals surface area contributed by atoms with E-state index in [2.05, 4.69) is 76.1 Å². The zero-order chi connectivity index (χ0) is 41.0. The van der Waals surface area contributed by atoms with Crippen molar-refractivity contribution < 1.29 is 28.7 Å². The van der Waals surface area contributed by atoms with Gasteiger partial charge in [-0.15, -0.1) is 0 Å². The number of likely N-dealkylation sites (tertiary alicyclic amines) is 2. The van der Waals surface area contributed by atoms with Gasteiger partial charge in [0.2, 0.25) is 11.8 Å². The fourth-order valence-corrected chi connectivity index (χ4v) is 8.45. The van der Waals surface area contributed by atoms with Crippen LogP contribution in [0.3, 0.4) is 0 Å². The number of amides is 4. The van der Waals surface area contributed by atoms with Crippen LogP contribution in [0, 0.1) is 17.8 Å². The molecule has 6 rings (SSSR count). The molecule has 0 spiro atoms. The summed E-state index contributed by atoms with van der Waals surface area (Å²) >= 11 is 1.72. The number of carbonyl (C=O) groups excluding carboxylic acids is 4. The van der Waals surface area contributed by atoms with Gasteiger partial charge in [-0.3, -0.25) is 9.59 Å². The van der Waals surface area contributed by atoms with E-state index in [0.29, 0.717) is 18.9 Å². The molecule has 2 aliphatic heterocycles. The second kappa shape index (κ2) is 17.9. The number of ether oxygens (including phenoxy) is 2. The Bertz CT molecular complexity index is 2030. The quantitative estimate of drug-likeness (QED) is 0.120. The molecule has 2 aliphatic rings. The van der Waals surface area contributed by atoms with Gasteiger partial charge in [0, 0.05) is 18.3 Å². The summed E-state index contributed by atoms with van der Waals surface area (Å²) in [7, 11) is 2.58. The molecule has 4 heterocycles. The number of benzene rings is 2. The van der Waals surface area contributed by atoms with Crippen molar-refractivity contribution in [3.05, 3.63) is 72.6 Å². The molecule has 15 heteroatoms. The minimum Gasteiger partial charge on any atom is -0.453 e. The van der Waals surface area contributed by atoms with Crippen LogP contribution in [0.2, 0.25) is 0 Å². The number of imidazole rings is 2. The Morgan fingerprint density at radius 1 is 0.684 bits per heavy atom. The molecular formula is C42H54N8O6S. The van der Waals surface area contributed by atoms with Crippen molar-refractivity contribution in [3.8, 4) is 33.6 Å². The number of H-pyrrole nitrogens is 2. The monoisotopic (exact) mass is 798 g/mol. The van der Waals surface area contributed by atoms with E-state index in [1.165, 1.54) is 14.2 Å². The van der Waals surface area contributed by atoms with Gasteiger partial charge in [-0.1, -0.05) is 83.1 Å². The van der Waals surface area contributed by atoms with E-state index in [0.717, 1.165) is 52.3 Å². The Labute approximate surface area is 338 Å². The predicted octanol–water partition coefficient (Wildman–Crippen LogP) is 6.81. The molecule has 6 unspecified atom stereocenters. The number of aromatic nitrogens is 4. The van der Waals surface area contributed by atoms with Crippen LogP contribution in [0.1, 0.15) is 71.2 Å². The van der Waals surface area contributed by atoms with Gasteiger partial charge in [0.15, 0.2) is 0 Å². The van der Waals surface area contributed by atoms with E-state index in [1.807, 2.05) is 49.9 Å². The highest BCUT2D eigenvalue weighted by Gasteiger charge is 2.42. The lowest BCUT2D eigenvalue weighted by Crippen LogP contribution is -2.51. The number of hydrogen-bond acceptors (Lipinski definition) is 9. The van der Waals surface area contributed by atoms with Crippen molar-refractivity contribution >= 4 is 35.8 Å². The highest BCUT2D eigenvalue weighted by Crippen LogP contribution is 2.38. The van der Waals surface area contributed by atoms with Gasteiger partial charge < -0.3 is 39.9 Å². The fourth-order valence-electron chi connectivity index (χ4n) is 7.77. The van der Waals surface area contributed by atoms with Gasteiger partial charge in [0.05, 0.1) is 50.1 Å². The van der Waals surface area contributed by atoms with Crippen molar-refractivity contribution in [2.45, 2.75) is 76.9 Å². The summed E-state index contributed by atoms with van der Waals surface area (Å²) in [4.78, 5) is 71.6. The zero-order valence-corrected chi connectivity index (χ0v) is 34.7. The Morgan fingerprint density at radius 2 is 1.09 bits per heavy atom. The summed E-state index contributed by atoms with van der Waals surface area (Å²) in [5.74, 6) is 1.19. The summed E-state index contributed by atoms with van der Waals surface area (Å²) in [6.45, 7) is 10.9. The van der Waals surface area contributed by atoms with Gasteiger partial charge in [-0.25, -0.2) is 19.6 Å². The van der Waals surface area contributed by atoms with Crippen molar-refractivity contribution in [3.63, 3.8) is 0 Å². The molecule has 57 heavy (non-hydrogen) atoms. The molecule has 6 atom stereocenters. The van der Waals surface area contributed by atoms with Crippen molar-refractivity contribution in [1.82, 2.24) is 40.4 Å². The first kappa shape index (κ1) is 41.3. The number of nitrogens with one attached hydrogen (secondary N) is 4. The number of hydrogen-bond donors (Lipinski definition) is 4. The third-order valence-corrected chi connectivity index (χ3v) is 12.0. The summed E-state index contributed by atoms with van der Waals surface area (Å²) in [5, 5.41) is 5.68. The Morgan fingerprint density at radius 3 is 1.49 bits per heavy atom. The number of nitrogens with zero attached hydrogens (tertiary/aromatic N) is 4. The maximum absolute atomic E-state index is 13.8. The summed E-state index contributed by atoms with van der Waals surface area (Å²) in [6.07, 6.45) is 5.93. The molecule has 4 amide bonds. The van der Waals surface area contributed by atoms with Gasteiger partial charge in [-0.2, -0.15) is 11.8 Å². The molecular weight excluding hydrogens is 745 g/mol. The van der Waals surface area contributed by atoms with Crippen LogP contribution in [-0.4, -0.2) is 105 Å². The molecule has 0 saturated carbocycles. The van der Waals surface area contributed by atoms with Crippen LogP contribution < -0.4 is 10.6 Å². The van der Waals surface area contributed by atoms with Crippen LogP contribution in [0.4, 0.5) is 9.59 Å². The maximum atomic E-state index is 13.8. The van der Waals surface area contributed by atoms with E-state index in [9.17, 15) is 19.2 Å². The first-order chi connectivity index (χ1) is 27.3. The number of alkyl carbamates (subject to hydrolysis) is 2. The van der Waals surface area contributed by atoms with Crippen LogP contribution >= 0.6 is 11.8 Å². The van der Waals surface area contributed by atoms with E-state index in [4.69, 9.17) is 19.4 Å². The first-order valence-electron chi connectivity index (χ1n) is 19.4. The average molecular weight is 799 g/mol. The van der Waals surface area contributed by atoms with E-state index < -0.39 is 24.3 Å². The molecule has 2 saturated heterocycles. The average Bonchev–Trinajstić information content (AvgIpc) is 4.04. The summed E-state index contributed by atoms with van der Waals surface area (Å²) in [5.41, 5.74) is 5.76. The normalized spacial score (nSPS) is 20.5. The Hall–Kier alpha value is -5.31. The molecule has 14 nitrogen and oxygen atoms in total. The second-order valence-electron chi connectivity index (χ2n) is 15.7. The van der Waals surface area contributed by atoms with Crippen LogP contribution in [0.5, 0.6) is 0 Å². The highest BCUT2D eigenvalue weighted by molar-refractivity contribution is 7.99. The molecule has 4 N–H and O–H groups in total. The minimum atomic E-state index is -0.709. The number of aromatic amines is 2. The van der Waals surface area contributed by atoms with Gasteiger partial charge in [0.25, 0.3) is 0 Å². The summed E-state index contributed by atoms with van der Waals surface area (Å²) in [6, 6.07) is 14.6. The van der Waals surface area contributed by atoms with Crippen LogP contribution in [-0.2, 0) is 19.1 Å². The first-order valence-corrected chi connectivity index (χ1v) is 20.7. The molecule has 304 valence electrons. The third kappa shape index (κ3) is 9.14. The molecule has 2 aromatic heterocycles. The van der Waals surface area contributed by atoms with Crippen LogP contribution in [0.25, 0.3) is 33.6 Å². The van der Waals surface area contributed by atoms with Crippen molar-refractivity contribution in [2.75, 3.05) is 33.6 Å².